The van der Waals surface area contributed by atoms with Gasteiger partial charge in [0.1, 0.15) is 11.0 Å². The van der Waals surface area contributed by atoms with Crippen molar-refractivity contribution >= 4 is 17.7 Å². The first-order chi connectivity index (χ1) is 16.2. The van der Waals surface area contributed by atoms with Crippen LogP contribution in [-0.2, 0) is 4.74 Å². The Hall–Kier alpha value is -2.88. The number of hydrogen-bond acceptors (Lipinski definition) is 8. The summed E-state index contributed by atoms with van der Waals surface area (Å²) in [6, 6.07) is 14.3. The fourth-order valence-corrected chi connectivity index (χ4v) is 4.60. The predicted octanol–water partition coefficient (Wildman–Crippen LogP) is 3.35. The topological polar surface area (TPSA) is 101 Å². The summed E-state index contributed by atoms with van der Waals surface area (Å²) in [5, 5.41) is 21.4. The number of amides is 1. The van der Waals surface area contributed by atoms with Crippen molar-refractivity contribution in [2.75, 3.05) is 45.1 Å². The maximum atomic E-state index is 12.5. The Bertz CT molecular complexity index is 1050. The van der Waals surface area contributed by atoms with Crippen molar-refractivity contribution in [1.29, 1.82) is 0 Å². The zero-order chi connectivity index (χ0) is 23.0. The molecule has 2 heterocycles. The van der Waals surface area contributed by atoms with E-state index in [0.717, 1.165) is 49.7 Å². The number of carbonyl (C=O) groups excluding carboxylic acids is 1. The van der Waals surface area contributed by atoms with Crippen LogP contribution in [0.25, 0.3) is 11.5 Å². The van der Waals surface area contributed by atoms with Gasteiger partial charge in [0.2, 0.25) is 11.8 Å². The third-order valence-electron chi connectivity index (χ3n) is 5.43. The summed E-state index contributed by atoms with van der Waals surface area (Å²) in [7, 11) is 0. The molecule has 0 aliphatic carbocycles. The SMILES string of the molecule is CCSC(c1nnc(-c2ccc(C(=O)NCCN3CCOCC3)cc2)o1)c1ccccc1O. The maximum absolute atomic E-state index is 12.5. The summed E-state index contributed by atoms with van der Waals surface area (Å²) in [4.78, 5) is 14.7. The number of para-hydroxylation sites is 1. The molecule has 1 aliphatic rings. The highest BCUT2D eigenvalue weighted by atomic mass is 32.2. The van der Waals surface area contributed by atoms with E-state index in [0.29, 0.717) is 23.9 Å². The van der Waals surface area contributed by atoms with Crippen LogP contribution in [0.5, 0.6) is 5.75 Å². The van der Waals surface area contributed by atoms with Gasteiger partial charge in [-0.25, -0.2) is 0 Å². The van der Waals surface area contributed by atoms with E-state index in [1.54, 1.807) is 48.2 Å². The Labute approximate surface area is 197 Å². The Morgan fingerprint density at radius 1 is 1.15 bits per heavy atom. The van der Waals surface area contributed by atoms with Crippen molar-refractivity contribution in [3.8, 4) is 17.2 Å². The van der Waals surface area contributed by atoms with Crippen molar-refractivity contribution in [1.82, 2.24) is 20.4 Å². The molecule has 9 heteroatoms. The lowest BCUT2D eigenvalue weighted by molar-refractivity contribution is 0.0383. The molecule has 1 aliphatic heterocycles. The third-order valence-corrected chi connectivity index (χ3v) is 6.55. The average molecular weight is 469 g/mol. The van der Waals surface area contributed by atoms with Gasteiger partial charge in [0, 0.05) is 42.9 Å². The number of rotatable bonds is 9. The van der Waals surface area contributed by atoms with E-state index in [9.17, 15) is 9.90 Å². The minimum absolute atomic E-state index is 0.111. The lowest BCUT2D eigenvalue weighted by Gasteiger charge is -2.26. The third kappa shape index (κ3) is 5.93. The van der Waals surface area contributed by atoms with E-state index in [1.807, 2.05) is 19.1 Å². The number of phenols is 1. The summed E-state index contributed by atoms with van der Waals surface area (Å²) >= 11 is 1.61. The van der Waals surface area contributed by atoms with Crippen molar-refractivity contribution < 1.29 is 19.1 Å². The highest BCUT2D eigenvalue weighted by Gasteiger charge is 2.24. The van der Waals surface area contributed by atoms with E-state index in [1.165, 1.54) is 0 Å². The number of morpholine rings is 1. The molecule has 0 saturated carbocycles. The van der Waals surface area contributed by atoms with Crippen molar-refractivity contribution in [3.05, 3.63) is 65.5 Å². The molecule has 4 rings (SSSR count). The van der Waals surface area contributed by atoms with E-state index in [4.69, 9.17) is 9.15 Å². The van der Waals surface area contributed by atoms with Gasteiger partial charge in [-0.1, -0.05) is 25.1 Å². The molecule has 1 atom stereocenters. The van der Waals surface area contributed by atoms with Gasteiger partial charge in [0.15, 0.2) is 0 Å². The molecule has 1 aromatic heterocycles. The van der Waals surface area contributed by atoms with Crippen LogP contribution in [0.4, 0.5) is 0 Å². The number of hydrogen-bond donors (Lipinski definition) is 2. The number of carbonyl (C=O) groups is 1. The number of phenolic OH excluding ortho intramolecular Hbond substituents is 1. The van der Waals surface area contributed by atoms with Gasteiger partial charge in [-0.2, -0.15) is 0 Å². The van der Waals surface area contributed by atoms with Gasteiger partial charge in [-0.15, -0.1) is 22.0 Å². The minimum Gasteiger partial charge on any atom is -0.508 e. The summed E-state index contributed by atoms with van der Waals surface area (Å²) in [5.41, 5.74) is 2.05. The second-order valence-electron chi connectivity index (χ2n) is 7.63. The van der Waals surface area contributed by atoms with Crippen LogP contribution in [0.2, 0.25) is 0 Å². The first-order valence-corrected chi connectivity index (χ1v) is 12.1. The van der Waals surface area contributed by atoms with Crippen LogP contribution in [0.3, 0.4) is 0 Å². The lowest BCUT2D eigenvalue weighted by atomic mass is 10.1. The molecule has 0 spiro atoms. The zero-order valence-corrected chi connectivity index (χ0v) is 19.4. The zero-order valence-electron chi connectivity index (χ0n) is 18.6. The first kappa shape index (κ1) is 23.3. The van der Waals surface area contributed by atoms with E-state index in [2.05, 4.69) is 20.4 Å². The Kier molecular flexibility index (Phi) is 7.98. The van der Waals surface area contributed by atoms with Crippen LogP contribution in [0.15, 0.2) is 52.9 Å². The van der Waals surface area contributed by atoms with Gasteiger partial charge in [-0.3, -0.25) is 9.69 Å². The largest absolute Gasteiger partial charge is 0.508 e. The number of benzene rings is 2. The smallest absolute Gasteiger partial charge is 0.251 e. The molecule has 1 unspecified atom stereocenters. The number of aromatic nitrogens is 2. The van der Waals surface area contributed by atoms with Crippen LogP contribution >= 0.6 is 11.8 Å². The highest BCUT2D eigenvalue weighted by Crippen LogP contribution is 2.39. The normalized spacial score (nSPS) is 15.3. The molecular weight excluding hydrogens is 440 g/mol. The molecule has 1 saturated heterocycles. The average Bonchev–Trinajstić information content (AvgIpc) is 3.34. The van der Waals surface area contributed by atoms with Crippen LogP contribution in [-0.4, -0.2) is 71.3 Å². The lowest BCUT2D eigenvalue weighted by Crippen LogP contribution is -2.41. The van der Waals surface area contributed by atoms with Gasteiger partial charge in [0.05, 0.1) is 13.2 Å². The molecule has 1 amide bonds. The first-order valence-electron chi connectivity index (χ1n) is 11.1. The second-order valence-corrected chi connectivity index (χ2v) is 9.01. The van der Waals surface area contributed by atoms with Crippen molar-refractivity contribution in [2.45, 2.75) is 12.2 Å². The fraction of sp³-hybridized carbons (Fsp3) is 0.375. The molecule has 8 nitrogen and oxygen atoms in total. The summed E-state index contributed by atoms with van der Waals surface area (Å²) in [6.07, 6.45) is 0. The maximum Gasteiger partial charge on any atom is 0.251 e. The molecule has 174 valence electrons. The molecule has 3 aromatic rings. The summed E-state index contributed by atoms with van der Waals surface area (Å²) in [5.74, 6) is 1.73. The molecule has 2 N–H and O–H groups in total. The van der Waals surface area contributed by atoms with E-state index in [-0.39, 0.29) is 16.9 Å². The summed E-state index contributed by atoms with van der Waals surface area (Å²) in [6.45, 7) is 6.74. The standard InChI is InChI=1S/C24H28N4O4S/c1-2-33-21(19-5-3-4-6-20(19)29)24-27-26-23(32-24)18-9-7-17(8-10-18)22(30)25-11-12-28-13-15-31-16-14-28/h3-10,21,29H,2,11-16H2,1H3,(H,25,30). The number of ether oxygens (including phenoxy) is 1. The quantitative estimate of drug-likeness (QED) is 0.493. The number of nitrogens with one attached hydrogen (secondary N) is 1. The summed E-state index contributed by atoms with van der Waals surface area (Å²) < 4.78 is 11.3. The van der Waals surface area contributed by atoms with Gasteiger partial charge in [0.25, 0.3) is 5.91 Å². The Balaban J connectivity index is 1.39. The van der Waals surface area contributed by atoms with Gasteiger partial charge < -0.3 is 19.6 Å². The molecular formula is C24H28N4O4S. The van der Waals surface area contributed by atoms with Crippen LogP contribution in [0, 0.1) is 0 Å². The van der Waals surface area contributed by atoms with Gasteiger partial charge >= 0.3 is 0 Å². The Morgan fingerprint density at radius 3 is 2.64 bits per heavy atom. The van der Waals surface area contributed by atoms with Crippen LogP contribution < -0.4 is 5.32 Å². The predicted molar refractivity (Wildman–Crippen MR) is 127 cm³/mol. The van der Waals surface area contributed by atoms with Crippen molar-refractivity contribution in [2.24, 2.45) is 0 Å². The monoisotopic (exact) mass is 468 g/mol. The molecule has 33 heavy (non-hydrogen) atoms. The highest BCUT2D eigenvalue weighted by molar-refractivity contribution is 7.99. The number of aromatic hydroxyl groups is 1. The second kappa shape index (κ2) is 11.3. The molecule has 2 aromatic carbocycles. The Morgan fingerprint density at radius 2 is 1.91 bits per heavy atom. The van der Waals surface area contributed by atoms with Gasteiger partial charge in [-0.05, 0) is 36.1 Å². The molecule has 0 bridgehead atoms. The van der Waals surface area contributed by atoms with Crippen molar-refractivity contribution in [3.63, 3.8) is 0 Å². The molecule has 0 radical (unpaired) electrons. The van der Waals surface area contributed by atoms with E-state index < -0.39 is 0 Å². The fourth-order valence-electron chi connectivity index (χ4n) is 3.65. The minimum atomic E-state index is -0.256. The van der Waals surface area contributed by atoms with Crippen LogP contribution in [0.1, 0.15) is 34.0 Å². The van der Waals surface area contributed by atoms with E-state index >= 15 is 0 Å². The number of thioether (sulfide) groups is 1. The molecule has 1 fully saturated rings. The number of nitrogens with zero attached hydrogens (tertiary/aromatic N) is 3.